The fourth-order valence-electron chi connectivity index (χ4n) is 4.25. The van der Waals surface area contributed by atoms with E-state index in [1.165, 1.54) is 12.0 Å². The zero-order chi connectivity index (χ0) is 13.0. The lowest BCUT2D eigenvalue weighted by Gasteiger charge is -2.35. The summed E-state index contributed by atoms with van der Waals surface area (Å²) in [5, 5.41) is 10.4. The molecule has 2 aliphatic carbocycles. The van der Waals surface area contributed by atoms with Crippen molar-refractivity contribution < 1.29 is 14.9 Å². The molecule has 0 amide bonds. The van der Waals surface area contributed by atoms with E-state index in [1.54, 1.807) is 0 Å². The Morgan fingerprint density at radius 3 is 2.83 bits per heavy atom. The highest BCUT2D eigenvalue weighted by atomic mass is 17.2. The van der Waals surface area contributed by atoms with E-state index in [1.807, 2.05) is 0 Å². The summed E-state index contributed by atoms with van der Waals surface area (Å²) in [6.45, 7) is 8.74. The number of fused-ring (bicyclic) bond motifs is 1. The van der Waals surface area contributed by atoms with Crippen molar-refractivity contribution in [3.63, 3.8) is 0 Å². The molecule has 3 heteroatoms. The molecule has 3 fully saturated rings. The Hall–Kier alpha value is -0.380. The average Bonchev–Trinajstić information content (AvgIpc) is 2.80. The maximum absolute atomic E-state index is 10.4. The Bertz CT molecular complexity index is 365. The zero-order valence-electron chi connectivity index (χ0n) is 11.4. The summed E-state index contributed by atoms with van der Waals surface area (Å²) in [5.41, 5.74) is 0.983. The van der Waals surface area contributed by atoms with Crippen LogP contribution in [0, 0.1) is 17.8 Å². The highest BCUT2D eigenvalue weighted by Crippen LogP contribution is 2.57. The number of rotatable bonds is 1. The molecule has 4 unspecified atom stereocenters. The van der Waals surface area contributed by atoms with Gasteiger partial charge in [-0.05, 0) is 43.4 Å². The summed E-state index contributed by atoms with van der Waals surface area (Å²) >= 11 is 0. The van der Waals surface area contributed by atoms with E-state index in [4.69, 9.17) is 9.78 Å². The quantitative estimate of drug-likeness (QED) is 0.575. The van der Waals surface area contributed by atoms with Gasteiger partial charge in [0.05, 0.1) is 0 Å². The molecule has 0 aromatic heterocycles. The highest BCUT2D eigenvalue weighted by Gasteiger charge is 2.60. The maximum atomic E-state index is 10.4. The number of hydrogen-bond donors (Lipinski definition) is 1. The first-order valence-corrected chi connectivity index (χ1v) is 7.20. The topological polar surface area (TPSA) is 38.7 Å². The second-order valence-corrected chi connectivity index (χ2v) is 6.86. The Labute approximate surface area is 109 Å². The van der Waals surface area contributed by atoms with Gasteiger partial charge in [-0.15, -0.1) is 0 Å². The molecule has 4 atom stereocenters. The Balaban J connectivity index is 1.93. The van der Waals surface area contributed by atoms with Gasteiger partial charge < -0.3 is 5.11 Å². The molecule has 3 aliphatic rings. The summed E-state index contributed by atoms with van der Waals surface area (Å²) in [5.74, 6) is 0.692. The molecule has 0 aromatic rings. The van der Waals surface area contributed by atoms with Gasteiger partial charge in [-0.2, -0.15) is 0 Å². The molecule has 1 spiro atoms. The number of allylic oxidation sites excluding steroid dienone is 1. The van der Waals surface area contributed by atoms with Gasteiger partial charge in [0.2, 0.25) is 5.79 Å². The third-order valence-electron chi connectivity index (χ3n) is 5.27. The molecule has 3 rings (SSSR count). The molecule has 102 valence electrons. The molecule has 18 heavy (non-hydrogen) atoms. The van der Waals surface area contributed by atoms with Crippen molar-refractivity contribution in [2.24, 2.45) is 17.8 Å². The van der Waals surface area contributed by atoms with Crippen LogP contribution in [0.2, 0.25) is 0 Å². The van der Waals surface area contributed by atoms with Crippen LogP contribution in [-0.4, -0.2) is 16.5 Å². The molecular weight excluding hydrogens is 228 g/mol. The first-order chi connectivity index (χ1) is 8.44. The van der Waals surface area contributed by atoms with Gasteiger partial charge in [-0.25, -0.2) is 9.78 Å². The lowest BCUT2D eigenvalue weighted by atomic mass is 9.72. The molecule has 1 aliphatic heterocycles. The number of hydrogen-bond acceptors (Lipinski definition) is 3. The van der Waals surface area contributed by atoms with E-state index in [0.29, 0.717) is 30.6 Å². The van der Waals surface area contributed by atoms with Crippen LogP contribution >= 0.6 is 0 Å². The van der Waals surface area contributed by atoms with Crippen molar-refractivity contribution >= 4 is 0 Å². The minimum atomic E-state index is -1.08. The molecule has 1 saturated heterocycles. The maximum Gasteiger partial charge on any atom is 0.202 e. The third kappa shape index (κ3) is 1.84. The minimum absolute atomic E-state index is 0.257. The summed E-state index contributed by atoms with van der Waals surface area (Å²) in [4.78, 5) is 11.0. The first kappa shape index (κ1) is 12.6. The normalized spacial score (nSPS) is 48.1. The molecular formula is C15H24O3. The van der Waals surface area contributed by atoms with Gasteiger partial charge in [-0.1, -0.05) is 26.0 Å². The third-order valence-corrected chi connectivity index (χ3v) is 5.27. The first-order valence-electron chi connectivity index (χ1n) is 7.20. The van der Waals surface area contributed by atoms with E-state index >= 15 is 0 Å². The molecule has 2 saturated carbocycles. The van der Waals surface area contributed by atoms with Gasteiger partial charge in [0, 0.05) is 12.8 Å². The molecule has 1 N–H and O–H groups in total. The second-order valence-electron chi connectivity index (χ2n) is 6.86. The van der Waals surface area contributed by atoms with Crippen molar-refractivity contribution in [3.8, 4) is 0 Å². The van der Waals surface area contributed by atoms with Crippen LogP contribution in [0.3, 0.4) is 0 Å². The fraction of sp³-hybridized carbons (Fsp3) is 0.867. The molecule has 2 bridgehead atoms. The van der Waals surface area contributed by atoms with Crippen LogP contribution in [0.5, 0.6) is 0 Å². The minimum Gasteiger partial charge on any atom is -0.363 e. The summed E-state index contributed by atoms with van der Waals surface area (Å²) in [6, 6.07) is 0. The average molecular weight is 252 g/mol. The molecule has 0 radical (unpaired) electrons. The lowest BCUT2D eigenvalue weighted by molar-refractivity contribution is -0.397. The van der Waals surface area contributed by atoms with Crippen LogP contribution < -0.4 is 0 Å². The molecule has 0 aromatic carbocycles. The molecule has 1 heterocycles. The van der Waals surface area contributed by atoms with Crippen molar-refractivity contribution in [2.75, 3.05) is 0 Å². The number of aliphatic hydroxyl groups is 1. The largest absolute Gasteiger partial charge is 0.363 e. The standard InChI is InChI=1S/C15H24O3/c1-10(2)12-5-6-14-9-15(16,18-17-14)7-4-11(3)8-13(12)14/h10,12-13,16H,3-9H2,1-2H3. The van der Waals surface area contributed by atoms with E-state index in [9.17, 15) is 5.11 Å². The Morgan fingerprint density at radius 2 is 2.11 bits per heavy atom. The predicted molar refractivity (Wildman–Crippen MR) is 68.5 cm³/mol. The fourth-order valence-corrected chi connectivity index (χ4v) is 4.25. The van der Waals surface area contributed by atoms with Crippen molar-refractivity contribution in [2.45, 2.75) is 63.8 Å². The van der Waals surface area contributed by atoms with E-state index in [-0.39, 0.29) is 5.60 Å². The van der Waals surface area contributed by atoms with Crippen molar-refractivity contribution in [1.29, 1.82) is 0 Å². The second kappa shape index (κ2) is 4.06. The zero-order valence-corrected chi connectivity index (χ0v) is 11.4. The van der Waals surface area contributed by atoms with Gasteiger partial charge in [0.15, 0.2) is 0 Å². The van der Waals surface area contributed by atoms with Crippen LogP contribution in [0.15, 0.2) is 12.2 Å². The monoisotopic (exact) mass is 252 g/mol. The van der Waals surface area contributed by atoms with Crippen LogP contribution in [-0.2, 0) is 9.78 Å². The van der Waals surface area contributed by atoms with E-state index in [0.717, 1.165) is 19.3 Å². The highest BCUT2D eigenvalue weighted by molar-refractivity contribution is 5.11. The lowest BCUT2D eigenvalue weighted by Crippen LogP contribution is -2.40. The van der Waals surface area contributed by atoms with E-state index in [2.05, 4.69) is 20.4 Å². The van der Waals surface area contributed by atoms with Crippen molar-refractivity contribution in [3.05, 3.63) is 12.2 Å². The van der Waals surface area contributed by atoms with Gasteiger partial charge in [0.1, 0.15) is 5.60 Å². The van der Waals surface area contributed by atoms with Gasteiger partial charge in [0.25, 0.3) is 0 Å². The van der Waals surface area contributed by atoms with Crippen LogP contribution in [0.1, 0.15) is 52.4 Å². The smallest absolute Gasteiger partial charge is 0.202 e. The van der Waals surface area contributed by atoms with Crippen LogP contribution in [0.25, 0.3) is 0 Å². The van der Waals surface area contributed by atoms with E-state index < -0.39 is 5.79 Å². The Kier molecular flexibility index (Phi) is 2.85. The van der Waals surface area contributed by atoms with Crippen molar-refractivity contribution in [1.82, 2.24) is 0 Å². The summed E-state index contributed by atoms with van der Waals surface area (Å²) in [6.07, 6.45) is 5.32. The van der Waals surface area contributed by atoms with Gasteiger partial charge in [-0.3, -0.25) is 0 Å². The predicted octanol–water partition coefficient (Wildman–Crippen LogP) is 3.19. The summed E-state index contributed by atoms with van der Waals surface area (Å²) < 4.78 is 0. The SMILES string of the molecule is C=C1CCC2(O)CC3(CCC(C(C)C)C3C1)OO2. The molecule has 3 nitrogen and oxygen atoms in total. The summed E-state index contributed by atoms with van der Waals surface area (Å²) in [7, 11) is 0. The van der Waals surface area contributed by atoms with Gasteiger partial charge >= 0.3 is 0 Å². The van der Waals surface area contributed by atoms with Crippen LogP contribution in [0.4, 0.5) is 0 Å². The Morgan fingerprint density at radius 1 is 1.33 bits per heavy atom.